The van der Waals surface area contributed by atoms with E-state index in [1.165, 1.54) is 22.1 Å². The Morgan fingerprint density at radius 3 is 2.45 bits per heavy atom. The molecule has 0 N–H and O–H groups in total. The molecule has 1 aliphatic heterocycles. The molecule has 0 amide bonds. The normalized spacial score (nSPS) is 14.0. The second-order valence-corrected chi connectivity index (χ2v) is 5.99. The van der Waals surface area contributed by atoms with Crippen LogP contribution < -0.4 is 9.80 Å². The molecule has 0 fully saturated rings. The van der Waals surface area contributed by atoms with Gasteiger partial charge in [-0.05, 0) is 26.0 Å². The van der Waals surface area contributed by atoms with E-state index in [0.29, 0.717) is 6.04 Å². The number of rotatable bonds is 2. The van der Waals surface area contributed by atoms with Crippen LogP contribution in [0.3, 0.4) is 0 Å². The molecule has 4 rings (SSSR count). The van der Waals surface area contributed by atoms with Gasteiger partial charge < -0.3 is 9.80 Å². The molecule has 0 spiro atoms. The second-order valence-electron chi connectivity index (χ2n) is 5.99. The standard InChI is InChI=1S/C19H19N3/c1-14(2)21-13-22(16-9-4-3-5-10-16)19-18(21)17-11-7-6-8-15(17)12-20-19/h3-12,14H,13H2,1-2H3. The van der Waals surface area contributed by atoms with E-state index in [-0.39, 0.29) is 0 Å². The van der Waals surface area contributed by atoms with Crippen LogP contribution in [-0.2, 0) is 0 Å². The lowest BCUT2D eigenvalue weighted by Crippen LogP contribution is -2.33. The Morgan fingerprint density at radius 1 is 0.955 bits per heavy atom. The molecule has 22 heavy (non-hydrogen) atoms. The summed E-state index contributed by atoms with van der Waals surface area (Å²) < 4.78 is 0. The third-order valence-corrected chi connectivity index (χ3v) is 4.28. The molecule has 0 bridgehead atoms. The first-order chi connectivity index (χ1) is 10.8. The van der Waals surface area contributed by atoms with Gasteiger partial charge in [0.05, 0.1) is 12.4 Å². The number of aromatic nitrogens is 1. The van der Waals surface area contributed by atoms with Crippen LogP contribution in [0.4, 0.5) is 17.2 Å². The molecule has 2 heterocycles. The lowest BCUT2D eigenvalue weighted by molar-refractivity contribution is 0.711. The summed E-state index contributed by atoms with van der Waals surface area (Å²) in [5.41, 5.74) is 2.44. The van der Waals surface area contributed by atoms with Crippen molar-refractivity contribution in [2.75, 3.05) is 16.5 Å². The van der Waals surface area contributed by atoms with Crippen LogP contribution in [0.25, 0.3) is 10.8 Å². The number of hydrogen-bond acceptors (Lipinski definition) is 3. The van der Waals surface area contributed by atoms with E-state index in [9.17, 15) is 0 Å². The zero-order chi connectivity index (χ0) is 15.1. The van der Waals surface area contributed by atoms with E-state index >= 15 is 0 Å². The van der Waals surface area contributed by atoms with Gasteiger partial charge in [-0.3, -0.25) is 0 Å². The van der Waals surface area contributed by atoms with Gasteiger partial charge in [-0.1, -0.05) is 42.5 Å². The van der Waals surface area contributed by atoms with Gasteiger partial charge in [-0.15, -0.1) is 0 Å². The first-order valence-electron chi connectivity index (χ1n) is 7.72. The zero-order valence-corrected chi connectivity index (χ0v) is 12.9. The Kier molecular flexibility index (Phi) is 3.00. The van der Waals surface area contributed by atoms with Gasteiger partial charge in [0.1, 0.15) is 0 Å². The van der Waals surface area contributed by atoms with Gasteiger partial charge in [-0.2, -0.15) is 0 Å². The maximum Gasteiger partial charge on any atom is 0.158 e. The highest BCUT2D eigenvalue weighted by Gasteiger charge is 2.31. The lowest BCUT2D eigenvalue weighted by Gasteiger charge is -2.25. The smallest absolute Gasteiger partial charge is 0.158 e. The second kappa shape index (κ2) is 5.02. The van der Waals surface area contributed by atoms with Crippen molar-refractivity contribution in [1.29, 1.82) is 0 Å². The fourth-order valence-electron chi connectivity index (χ4n) is 3.14. The predicted octanol–water partition coefficient (Wildman–Crippen LogP) is 4.56. The van der Waals surface area contributed by atoms with Gasteiger partial charge in [0.15, 0.2) is 5.82 Å². The molecule has 3 heteroatoms. The molecule has 0 aliphatic carbocycles. The maximum atomic E-state index is 4.76. The molecule has 0 atom stereocenters. The fourth-order valence-corrected chi connectivity index (χ4v) is 3.14. The first kappa shape index (κ1) is 13.1. The summed E-state index contributed by atoms with van der Waals surface area (Å²) in [6, 6.07) is 19.4. The van der Waals surface area contributed by atoms with Crippen LogP contribution >= 0.6 is 0 Å². The van der Waals surface area contributed by atoms with Crippen LogP contribution in [0.15, 0.2) is 60.8 Å². The van der Waals surface area contributed by atoms with Crippen LogP contribution in [0.5, 0.6) is 0 Å². The number of hydrogen-bond donors (Lipinski definition) is 0. The monoisotopic (exact) mass is 289 g/mol. The van der Waals surface area contributed by atoms with Gasteiger partial charge in [0.25, 0.3) is 0 Å². The van der Waals surface area contributed by atoms with Crippen molar-refractivity contribution in [3.63, 3.8) is 0 Å². The summed E-state index contributed by atoms with van der Waals surface area (Å²) in [6.45, 7) is 5.32. The van der Waals surface area contributed by atoms with Crippen molar-refractivity contribution in [3.05, 3.63) is 60.8 Å². The van der Waals surface area contributed by atoms with Crippen molar-refractivity contribution < 1.29 is 0 Å². The van der Waals surface area contributed by atoms with E-state index in [1.54, 1.807) is 0 Å². The zero-order valence-electron chi connectivity index (χ0n) is 12.9. The maximum absolute atomic E-state index is 4.76. The summed E-state index contributed by atoms with van der Waals surface area (Å²) in [7, 11) is 0. The van der Waals surface area contributed by atoms with E-state index < -0.39 is 0 Å². The molecule has 0 radical (unpaired) electrons. The summed E-state index contributed by atoms with van der Waals surface area (Å²) in [4.78, 5) is 9.48. The van der Waals surface area contributed by atoms with Crippen molar-refractivity contribution >= 4 is 28.0 Å². The van der Waals surface area contributed by atoms with Gasteiger partial charge in [0.2, 0.25) is 0 Å². The number of pyridine rings is 1. The van der Waals surface area contributed by atoms with Crippen molar-refractivity contribution in [3.8, 4) is 0 Å². The summed E-state index contributed by atoms with van der Waals surface area (Å²) in [5, 5.41) is 2.47. The minimum Gasteiger partial charge on any atom is -0.347 e. The average Bonchev–Trinajstić information content (AvgIpc) is 2.96. The lowest BCUT2D eigenvalue weighted by atomic mass is 10.1. The summed E-state index contributed by atoms with van der Waals surface area (Å²) in [6.07, 6.45) is 1.98. The number of nitrogens with zero attached hydrogens (tertiary/aromatic N) is 3. The van der Waals surface area contributed by atoms with E-state index in [1.807, 2.05) is 6.20 Å². The molecule has 1 aromatic heterocycles. The molecule has 0 saturated carbocycles. The fraction of sp³-hybridized carbons (Fsp3) is 0.211. The molecule has 3 aromatic rings. The highest BCUT2D eigenvalue weighted by atomic mass is 15.4. The number of para-hydroxylation sites is 1. The molecule has 110 valence electrons. The molecule has 2 aromatic carbocycles. The van der Waals surface area contributed by atoms with Crippen LogP contribution in [0.1, 0.15) is 13.8 Å². The third-order valence-electron chi connectivity index (χ3n) is 4.28. The van der Waals surface area contributed by atoms with Gasteiger partial charge in [-0.25, -0.2) is 4.98 Å². The van der Waals surface area contributed by atoms with Crippen LogP contribution in [0.2, 0.25) is 0 Å². The van der Waals surface area contributed by atoms with Crippen molar-refractivity contribution in [1.82, 2.24) is 4.98 Å². The van der Waals surface area contributed by atoms with Gasteiger partial charge in [0, 0.05) is 28.7 Å². The molecule has 0 unspecified atom stereocenters. The van der Waals surface area contributed by atoms with Gasteiger partial charge >= 0.3 is 0 Å². The molecular weight excluding hydrogens is 270 g/mol. The number of anilines is 3. The minimum absolute atomic E-state index is 0.431. The van der Waals surface area contributed by atoms with E-state index in [0.717, 1.165) is 12.5 Å². The predicted molar refractivity (Wildman–Crippen MR) is 92.8 cm³/mol. The molecule has 1 aliphatic rings. The SMILES string of the molecule is CC(C)N1CN(c2ccccc2)c2ncc3ccccc3c21. The minimum atomic E-state index is 0.431. The highest BCUT2D eigenvalue weighted by molar-refractivity contribution is 6.02. The van der Waals surface area contributed by atoms with E-state index in [4.69, 9.17) is 4.98 Å². The largest absolute Gasteiger partial charge is 0.347 e. The number of benzene rings is 2. The topological polar surface area (TPSA) is 19.4 Å². The molecule has 3 nitrogen and oxygen atoms in total. The van der Waals surface area contributed by atoms with E-state index in [2.05, 4.69) is 78.2 Å². The number of fused-ring (bicyclic) bond motifs is 3. The Balaban J connectivity index is 1.95. The Hall–Kier alpha value is -2.55. The molecule has 0 saturated heterocycles. The molecular formula is C19H19N3. The Labute approximate surface area is 130 Å². The highest BCUT2D eigenvalue weighted by Crippen LogP contribution is 2.43. The van der Waals surface area contributed by atoms with Crippen molar-refractivity contribution in [2.45, 2.75) is 19.9 Å². The first-order valence-corrected chi connectivity index (χ1v) is 7.72. The Morgan fingerprint density at radius 2 is 1.68 bits per heavy atom. The van der Waals surface area contributed by atoms with Crippen LogP contribution in [-0.4, -0.2) is 17.7 Å². The van der Waals surface area contributed by atoms with Crippen molar-refractivity contribution in [2.24, 2.45) is 0 Å². The Bertz CT molecular complexity index is 811. The summed E-state index contributed by atoms with van der Waals surface area (Å²) >= 11 is 0. The summed E-state index contributed by atoms with van der Waals surface area (Å²) in [5.74, 6) is 1.05. The quantitative estimate of drug-likeness (QED) is 0.689. The van der Waals surface area contributed by atoms with Crippen LogP contribution in [0, 0.1) is 0 Å². The third kappa shape index (κ3) is 1.93. The average molecular weight is 289 g/mol.